The molecule has 7 heteroatoms. The molecule has 2 rings (SSSR count). The van der Waals surface area contributed by atoms with E-state index in [9.17, 15) is 14.4 Å². The highest BCUT2D eigenvalue weighted by Gasteiger charge is 2.17. The maximum Gasteiger partial charge on any atom is 0.337 e. The van der Waals surface area contributed by atoms with Crippen molar-refractivity contribution in [3.63, 3.8) is 0 Å². The van der Waals surface area contributed by atoms with Crippen LogP contribution in [0.1, 0.15) is 28.4 Å². The maximum atomic E-state index is 12.4. The molecule has 0 aliphatic carbocycles. The molecule has 148 valence electrons. The van der Waals surface area contributed by atoms with E-state index in [2.05, 4.69) is 10.6 Å². The number of ether oxygens (including phenoxy) is 1. The van der Waals surface area contributed by atoms with Crippen molar-refractivity contribution in [2.75, 3.05) is 23.5 Å². The smallest absolute Gasteiger partial charge is 0.337 e. The van der Waals surface area contributed by atoms with Gasteiger partial charge in [0.15, 0.2) is 0 Å². The summed E-state index contributed by atoms with van der Waals surface area (Å²) in [5.41, 5.74) is 3.58. The second-order valence-electron chi connectivity index (χ2n) is 6.38. The fourth-order valence-electron chi connectivity index (χ4n) is 2.35. The van der Waals surface area contributed by atoms with Crippen LogP contribution in [0.4, 0.5) is 11.4 Å². The number of amides is 2. The third kappa shape index (κ3) is 6.13. The van der Waals surface area contributed by atoms with E-state index < -0.39 is 11.2 Å². The lowest BCUT2D eigenvalue weighted by molar-refractivity contribution is -0.115. The van der Waals surface area contributed by atoms with Gasteiger partial charge in [0.05, 0.1) is 23.7 Å². The molecule has 2 aromatic carbocycles. The first-order chi connectivity index (χ1) is 13.3. The Hall–Kier alpha value is -2.80. The molecular formula is C21H24N2O4S. The van der Waals surface area contributed by atoms with E-state index in [4.69, 9.17) is 4.74 Å². The molecule has 0 saturated carbocycles. The van der Waals surface area contributed by atoms with Crippen LogP contribution in [-0.2, 0) is 14.3 Å². The van der Waals surface area contributed by atoms with Gasteiger partial charge < -0.3 is 15.4 Å². The maximum absolute atomic E-state index is 12.4. The van der Waals surface area contributed by atoms with Gasteiger partial charge in [-0.25, -0.2) is 4.79 Å². The number of carbonyl (C=O) groups is 3. The van der Waals surface area contributed by atoms with E-state index in [-0.39, 0.29) is 17.6 Å². The molecule has 0 heterocycles. The van der Waals surface area contributed by atoms with E-state index in [1.54, 1.807) is 25.1 Å². The average molecular weight is 401 g/mol. The minimum absolute atomic E-state index is 0.156. The van der Waals surface area contributed by atoms with Crippen LogP contribution < -0.4 is 10.6 Å². The first-order valence-corrected chi connectivity index (χ1v) is 9.83. The SMILES string of the molecule is COC(=O)c1ccc(C)c(NC(=O)C(C)SCC(=O)Nc2ccc(C)cc2)c1. The number of hydrogen-bond donors (Lipinski definition) is 2. The van der Waals surface area contributed by atoms with Crippen LogP contribution in [-0.4, -0.2) is 35.9 Å². The number of anilines is 2. The van der Waals surface area contributed by atoms with Crippen LogP contribution in [0.25, 0.3) is 0 Å². The molecule has 2 amide bonds. The van der Waals surface area contributed by atoms with Crippen LogP contribution in [0.5, 0.6) is 0 Å². The van der Waals surface area contributed by atoms with E-state index in [0.29, 0.717) is 11.3 Å². The fourth-order valence-corrected chi connectivity index (χ4v) is 3.03. The van der Waals surface area contributed by atoms with Gasteiger partial charge in [0, 0.05) is 11.4 Å². The summed E-state index contributed by atoms with van der Waals surface area (Å²) in [6, 6.07) is 12.5. The zero-order valence-electron chi connectivity index (χ0n) is 16.4. The van der Waals surface area contributed by atoms with Crippen molar-refractivity contribution in [1.29, 1.82) is 0 Å². The Morgan fingerprint density at radius 1 is 1.04 bits per heavy atom. The van der Waals surface area contributed by atoms with E-state index in [1.165, 1.54) is 18.9 Å². The quantitative estimate of drug-likeness (QED) is 0.691. The highest BCUT2D eigenvalue weighted by molar-refractivity contribution is 8.01. The van der Waals surface area contributed by atoms with Gasteiger partial charge in [0.1, 0.15) is 0 Å². The fraction of sp³-hybridized carbons (Fsp3) is 0.286. The Kier molecular flexibility index (Phi) is 7.63. The summed E-state index contributed by atoms with van der Waals surface area (Å²) in [5.74, 6) is -0.717. The normalized spacial score (nSPS) is 11.4. The van der Waals surface area contributed by atoms with Crippen molar-refractivity contribution in [2.24, 2.45) is 0 Å². The molecule has 0 aliphatic heterocycles. The van der Waals surface area contributed by atoms with Gasteiger partial charge in [0.2, 0.25) is 11.8 Å². The third-order valence-corrected chi connectivity index (χ3v) is 5.23. The molecule has 2 N–H and O–H groups in total. The van der Waals surface area contributed by atoms with Gasteiger partial charge in [0.25, 0.3) is 0 Å². The third-order valence-electron chi connectivity index (χ3n) is 4.09. The zero-order chi connectivity index (χ0) is 20.7. The number of benzene rings is 2. The predicted molar refractivity (Wildman–Crippen MR) is 113 cm³/mol. The highest BCUT2D eigenvalue weighted by atomic mass is 32.2. The van der Waals surface area contributed by atoms with Crippen LogP contribution >= 0.6 is 11.8 Å². The lowest BCUT2D eigenvalue weighted by Gasteiger charge is -2.14. The molecule has 2 aromatic rings. The molecule has 0 radical (unpaired) electrons. The molecule has 28 heavy (non-hydrogen) atoms. The van der Waals surface area contributed by atoms with Crippen molar-refractivity contribution >= 4 is 40.9 Å². The average Bonchev–Trinajstić information content (AvgIpc) is 2.68. The number of methoxy groups -OCH3 is 1. The standard InChI is InChI=1S/C21H24N2O4S/c1-13-5-9-17(10-6-13)22-19(24)12-28-15(3)20(25)23-18-11-16(21(26)27-4)8-7-14(18)2/h5-11,15H,12H2,1-4H3,(H,22,24)(H,23,25). The molecule has 1 unspecified atom stereocenters. The minimum atomic E-state index is -0.467. The van der Waals surface area contributed by atoms with Crippen molar-refractivity contribution in [3.05, 3.63) is 59.2 Å². The molecule has 0 spiro atoms. The van der Waals surface area contributed by atoms with Gasteiger partial charge in [-0.15, -0.1) is 11.8 Å². The first-order valence-electron chi connectivity index (χ1n) is 8.78. The summed E-state index contributed by atoms with van der Waals surface area (Å²) >= 11 is 1.24. The molecular weight excluding hydrogens is 376 g/mol. The number of esters is 1. The van der Waals surface area contributed by atoms with Crippen LogP contribution in [0.3, 0.4) is 0 Å². The largest absolute Gasteiger partial charge is 0.465 e. The number of rotatable bonds is 7. The van der Waals surface area contributed by atoms with Gasteiger partial charge >= 0.3 is 5.97 Å². The van der Waals surface area contributed by atoms with E-state index >= 15 is 0 Å². The van der Waals surface area contributed by atoms with Crippen LogP contribution in [0.2, 0.25) is 0 Å². The number of carbonyl (C=O) groups excluding carboxylic acids is 3. The Morgan fingerprint density at radius 3 is 2.36 bits per heavy atom. The van der Waals surface area contributed by atoms with Gasteiger partial charge in [-0.1, -0.05) is 23.8 Å². The summed E-state index contributed by atoms with van der Waals surface area (Å²) < 4.78 is 4.70. The summed E-state index contributed by atoms with van der Waals surface area (Å²) in [5, 5.41) is 5.18. The summed E-state index contributed by atoms with van der Waals surface area (Å²) in [6.45, 7) is 5.55. The van der Waals surface area contributed by atoms with Crippen molar-refractivity contribution in [2.45, 2.75) is 26.0 Å². The van der Waals surface area contributed by atoms with Gasteiger partial charge in [-0.3, -0.25) is 9.59 Å². The molecule has 0 saturated heterocycles. The second-order valence-corrected chi connectivity index (χ2v) is 7.71. The number of aryl methyl sites for hydroxylation is 2. The van der Waals surface area contributed by atoms with Gasteiger partial charge in [-0.2, -0.15) is 0 Å². The van der Waals surface area contributed by atoms with Crippen molar-refractivity contribution in [3.8, 4) is 0 Å². The number of hydrogen-bond acceptors (Lipinski definition) is 5. The number of thioether (sulfide) groups is 1. The van der Waals surface area contributed by atoms with E-state index in [1.807, 2.05) is 38.1 Å². The van der Waals surface area contributed by atoms with Crippen molar-refractivity contribution in [1.82, 2.24) is 0 Å². The summed E-state index contributed by atoms with van der Waals surface area (Å²) in [4.78, 5) is 36.2. The summed E-state index contributed by atoms with van der Waals surface area (Å²) in [6.07, 6.45) is 0. The number of nitrogens with one attached hydrogen (secondary N) is 2. The topological polar surface area (TPSA) is 84.5 Å². The van der Waals surface area contributed by atoms with E-state index in [0.717, 1.165) is 16.8 Å². The van der Waals surface area contributed by atoms with Crippen LogP contribution in [0.15, 0.2) is 42.5 Å². The lowest BCUT2D eigenvalue weighted by Crippen LogP contribution is -2.25. The van der Waals surface area contributed by atoms with Crippen LogP contribution in [0, 0.1) is 13.8 Å². The Balaban J connectivity index is 1.89. The molecule has 0 aromatic heterocycles. The molecule has 6 nitrogen and oxygen atoms in total. The second kappa shape index (κ2) is 9.94. The zero-order valence-corrected chi connectivity index (χ0v) is 17.2. The Bertz CT molecular complexity index is 865. The van der Waals surface area contributed by atoms with Crippen molar-refractivity contribution < 1.29 is 19.1 Å². The van der Waals surface area contributed by atoms with Gasteiger partial charge in [-0.05, 0) is 50.6 Å². The highest BCUT2D eigenvalue weighted by Crippen LogP contribution is 2.20. The summed E-state index contributed by atoms with van der Waals surface area (Å²) in [7, 11) is 1.31. The monoisotopic (exact) mass is 400 g/mol. The lowest BCUT2D eigenvalue weighted by atomic mass is 10.1. The predicted octanol–water partition coefficient (Wildman–Crippen LogP) is 3.79. The Morgan fingerprint density at radius 2 is 1.71 bits per heavy atom. The Labute approximate surface area is 169 Å². The minimum Gasteiger partial charge on any atom is -0.465 e. The first kappa shape index (κ1) is 21.5. The molecule has 0 bridgehead atoms. The molecule has 1 atom stereocenters. The molecule has 0 fully saturated rings. The molecule has 0 aliphatic rings.